The van der Waals surface area contributed by atoms with Crippen molar-refractivity contribution in [2.45, 2.75) is 18.3 Å². The van der Waals surface area contributed by atoms with Gasteiger partial charge < -0.3 is 14.7 Å². The minimum absolute atomic E-state index is 0.0660. The molecule has 1 aliphatic heterocycles. The molecule has 3 aromatic carbocycles. The quantitative estimate of drug-likeness (QED) is 0.652. The van der Waals surface area contributed by atoms with Gasteiger partial charge in [0, 0.05) is 31.5 Å². The largest absolute Gasteiger partial charge is 0.448 e. The predicted molar refractivity (Wildman–Crippen MR) is 121 cm³/mol. The van der Waals surface area contributed by atoms with E-state index in [2.05, 4.69) is 48.5 Å². The lowest BCUT2D eigenvalue weighted by molar-refractivity contribution is 0.0680. The molecule has 5 rings (SSSR count). The third-order valence-corrected chi connectivity index (χ3v) is 6.81. The van der Waals surface area contributed by atoms with Crippen molar-refractivity contribution in [3.05, 3.63) is 95.6 Å². The van der Waals surface area contributed by atoms with E-state index >= 15 is 0 Å². The van der Waals surface area contributed by atoms with Crippen LogP contribution < -0.4 is 0 Å². The summed E-state index contributed by atoms with van der Waals surface area (Å²) < 4.78 is 5.86. The van der Waals surface area contributed by atoms with E-state index in [9.17, 15) is 9.90 Å². The van der Waals surface area contributed by atoms with Crippen molar-refractivity contribution in [2.24, 2.45) is 5.92 Å². The summed E-state index contributed by atoms with van der Waals surface area (Å²) in [4.78, 5) is 14.8. The molecule has 1 aliphatic carbocycles. The van der Waals surface area contributed by atoms with Crippen LogP contribution in [0.15, 0.2) is 78.9 Å². The molecule has 2 unspecified atom stereocenters. The van der Waals surface area contributed by atoms with Crippen LogP contribution in [0, 0.1) is 5.92 Å². The standard InChI is InChI=1S/C27H27NO3/c29-17-20-14-15-28(16-25(20)19-8-2-1-3-9-19)27(30)31-18-26-23-12-6-4-10-21(23)22-11-5-7-13-24(22)26/h1-13,20,25-26,29H,14-18H2. The fourth-order valence-corrected chi connectivity index (χ4v) is 5.15. The van der Waals surface area contributed by atoms with Crippen molar-refractivity contribution >= 4 is 6.09 Å². The summed E-state index contributed by atoms with van der Waals surface area (Å²) in [5.74, 6) is 0.358. The fourth-order valence-electron chi connectivity index (χ4n) is 5.15. The molecule has 0 aromatic heterocycles. The second kappa shape index (κ2) is 8.56. The van der Waals surface area contributed by atoms with Gasteiger partial charge in [0.15, 0.2) is 0 Å². The molecule has 31 heavy (non-hydrogen) atoms. The van der Waals surface area contributed by atoms with Gasteiger partial charge in [-0.2, -0.15) is 0 Å². The number of likely N-dealkylation sites (tertiary alicyclic amines) is 1. The normalized spacial score (nSPS) is 20.2. The van der Waals surface area contributed by atoms with E-state index < -0.39 is 0 Å². The van der Waals surface area contributed by atoms with Crippen LogP contribution in [0.4, 0.5) is 4.79 Å². The second-order valence-electron chi connectivity index (χ2n) is 8.50. The number of aliphatic hydroxyl groups is 1. The van der Waals surface area contributed by atoms with E-state index in [1.165, 1.54) is 22.3 Å². The molecule has 3 aromatic rings. The first-order chi connectivity index (χ1) is 15.3. The van der Waals surface area contributed by atoms with Crippen molar-refractivity contribution < 1.29 is 14.6 Å². The highest BCUT2D eigenvalue weighted by molar-refractivity contribution is 5.79. The van der Waals surface area contributed by atoms with E-state index in [0.717, 1.165) is 12.0 Å². The molecule has 4 heteroatoms. The zero-order chi connectivity index (χ0) is 21.2. The monoisotopic (exact) mass is 413 g/mol. The smallest absolute Gasteiger partial charge is 0.409 e. The Hall–Kier alpha value is -3.11. The van der Waals surface area contributed by atoms with Crippen molar-refractivity contribution in [2.75, 3.05) is 26.3 Å². The molecule has 4 nitrogen and oxygen atoms in total. The number of amides is 1. The van der Waals surface area contributed by atoms with E-state index in [1.807, 2.05) is 30.3 Å². The van der Waals surface area contributed by atoms with Crippen molar-refractivity contribution in [1.29, 1.82) is 0 Å². The minimum atomic E-state index is -0.265. The summed E-state index contributed by atoms with van der Waals surface area (Å²) in [6, 6.07) is 26.9. The minimum Gasteiger partial charge on any atom is -0.448 e. The van der Waals surface area contributed by atoms with Gasteiger partial charge in [-0.15, -0.1) is 0 Å². The van der Waals surface area contributed by atoms with Gasteiger partial charge in [-0.3, -0.25) is 0 Å². The summed E-state index contributed by atoms with van der Waals surface area (Å²) in [5, 5.41) is 9.85. The maximum absolute atomic E-state index is 13.0. The SMILES string of the molecule is O=C(OCC1c2ccccc2-c2ccccc21)N1CCC(CO)C(c2ccccc2)C1. The number of nitrogens with zero attached hydrogens (tertiary/aromatic N) is 1. The molecule has 1 saturated heterocycles. The molecule has 1 fully saturated rings. The van der Waals surface area contributed by atoms with Gasteiger partial charge in [-0.05, 0) is 40.2 Å². The third kappa shape index (κ3) is 3.72. The highest BCUT2D eigenvalue weighted by Crippen LogP contribution is 2.44. The van der Waals surface area contributed by atoms with Gasteiger partial charge >= 0.3 is 6.09 Å². The molecule has 0 spiro atoms. The van der Waals surface area contributed by atoms with Gasteiger partial charge in [0.2, 0.25) is 0 Å². The van der Waals surface area contributed by atoms with Gasteiger partial charge in [0.1, 0.15) is 6.61 Å². The number of ether oxygens (including phenoxy) is 1. The number of aliphatic hydroxyl groups excluding tert-OH is 1. The third-order valence-electron chi connectivity index (χ3n) is 6.81. The number of piperidine rings is 1. The van der Waals surface area contributed by atoms with Gasteiger partial charge in [0.25, 0.3) is 0 Å². The zero-order valence-corrected chi connectivity index (χ0v) is 17.5. The van der Waals surface area contributed by atoms with Crippen LogP contribution in [-0.4, -0.2) is 42.4 Å². The van der Waals surface area contributed by atoms with E-state index in [-0.39, 0.29) is 30.5 Å². The number of carbonyl (C=O) groups excluding carboxylic acids is 1. The first-order valence-corrected chi connectivity index (χ1v) is 11.0. The van der Waals surface area contributed by atoms with E-state index in [0.29, 0.717) is 19.7 Å². The Bertz CT molecular complexity index is 1020. The lowest BCUT2D eigenvalue weighted by atomic mass is 9.81. The molecular formula is C27H27NO3. The number of hydrogen-bond acceptors (Lipinski definition) is 3. The van der Waals surface area contributed by atoms with Gasteiger partial charge in [-0.1, -0.05) is 78.9 Å². The maximum atomic E-state index is 13.0. The van der Waals surface area contributed by atoms with Crippen LogP contribution in [0.2, 0.25) is 0 Å². The molecule has 1 heterocycles. The summed E-state index contributed by atoms with van der Waals surface area (Å²) in [6.07, 6.45) is 0.513. The zero-order valence-electron chi connectivity index (χ0n) is 17.5. The Balaban J connectivity index is 1.30. The topological polar surface area (TPSA) is 49.8 Å². The Morgan fingerprint density at radius 1 is 0.903 bits per heavy atom. The first kappa shape index (κ1) is 19.8. The Labute approximate surface area is 183 Å². The Morgan fingerprint density at radius 3 is 2.16 bits per heavy atom. The Morgan fingerprint density at radius 2 is 1.52 bits per heavy atom. The van der Waals surface area contributed by atoms with Crippen molar-refractivity contribution in [3.63, 3.8) is 0 Å². The second-order valence-corrected chi connectivity index (χ2v) is 8.50. The molecule has 158 valence electrons. The molecule has 1 N–H and O–H groups in total. The average molecular weight is 414 g/mol. The van der Waals surface area contributed by atoms with Crippen LogP contribution in [0.5, 0.6) is 0 Å². The van der Waals surface area contributed by atoms with Crippen LogP contribution in [0.1, 0.15) is 34.9 Å². The van der Waals surface area contributed by atoms with Gasteiger partial charge in [0.05, 0.1) is 0 Å². The Kier molecular flexibility index (Phi) is 5.47. The highest BCUT2D eigenvalue weighted by Gasteiger charge is 2.34. The number of rotatable bonds is 4. The summed E-state index contributed by atoms with van der Waals surface area (Å²) in [6.45, 7) is 1.66. The molecule has 0 radical (unpaired) electrons. The molecular weight excluding hydrogens is 386 g/mol. The number of fused-ring (bicyclic) bond motifs is 3. The number of benzene rings is 3. The predicted octanol–water partition coefficient (Wildman–Crippen LogP) is 5.03. The molecule has 0 bridgehead atoms. The number of carbonyl (C=O) groups is 1. The molecule has 0 saturated carbocycles. The molecule has 2 aliphatic rings. The van der Waals surface area contributed by atoms with Crippen LogP contribution in [0.25, 0.3) is 11.1 Å². The summed E-state index contributed by atoms with van der Waals surface area (Å²) in [5.41, 5.74) is 6.06. The maximum Gasteiger partial charge on any atom is 0.409 e. The molecule has 1 amide bonds. The van der Waals surface area contributed by atoms with Crippen LogP contribution in [-0.2, 0) is 4.74 Å². The lowest BCUT2D eigenvalue weighted by Gasteiger charge is -2.37. The van der Waals surface area contributed by atoms with Crippen molar-refractivity contribution in [1.82, 2.24) is 4.90 Å². The molecule has 2 atom stereocenters. The first-order valence-electron chi connectivity index (χ1n) is 11.0. The van der Waals surface area contributed by atoms with Crippen LogP contribution in [0.3, 0.4) is 0 Å². The average Bonchev–Trinajstić information content (AvgIpc) is 3.16. The van der Waals surface area contributed by atoms with Crippen molar-refractivity contribution in [3.8, 4) is 11.1 Å². The van der Waals surface area contributed by atoms with Gasteiger partial charge in [-0.25, -0.2) is 4.79 Å². The fraction of sp³-hybridized carbons (Fsp3) is 0.296. The summed E-state index contributed by atoms with van der Waals surface area (Å²) in [7, 11) is 0. The van der Waals surface area contributed by atoms with E-state index in [1.54, 1.807) is 4.90 Å². The summed E-state index contributed by atoms with van der Waals surface area (Å²) >= 11 is 0. The highest BCUT2D eigenvalue weighted by atomic mass is 16.6. The van der Waals surface area contributed by atoms with Crippen LogP contribution >= 0.6 is 0 Å². The number of hydrogen-bond donors (Lipinski definition) is 1. The lowest BCUT2D eigenvalue weighted by Crippen LogP contribution is -2.44. The van der Waals surface area contributed by atoms with E-state index in [4.69, 9.17) is 4.74 Å².